The van der Waals surface area contributed by atoms with Gasteiger partial charge >= 0.3 is 0 Å². The summed E-state index contributed by atoms with van der Waals surface area (Å²) in [6, 6.07) is 0. The number of hydrogen-bond acceptors (Lipinski definition) is 4. The number of hydrogen-bond donors (Lipinski definition) is 2. The minimum atomic E-state index is -0.517. The first-order valence-corrected chi connectivity index (χ1v) is 6.21. The van der Waals surface area contributed by atoms with E-state index in [1.165, 1.54) is 0 Å². The number of nitrogens with one attached hydrogen (secondary N) is 1. The van der Waals surface area contributed by atoms with Gasteiger partial charge in [-0.15, -0.1) is 0 Å². The highest BCUT2D eigenvalue weighted by Crippen LogP contribution is 2.14. The van der Waals surface area contributed by atoms with E-state index >= 15 is 0 Å². The van der Waals surface area contributed by atoms with E-state index in [-0.39, 0.29) is 12.2 Å². The van der Waals surface area contributed by atoms with Crippen molar-refractivity contribution in [3.05, 3.63) is 0 Å². The molecule has 0 aromatic heterocycles. The molecule has 0 spiro atoms. The van der Waals surface area contributed by atoms with Crippen molar-refractivity contribution in [3.8, 4) is 0 Å². The van der Waals surface area contributed by atoms with Crippen LogP contribution in [0.2, 0.25) is 0 Å². The summed E-state index contributed by atoms with van der Waals surface area (Å²) in [5.74, 6) is 0.569. The lowest BCUT2D eigenvalue weighted by atomic mass is 9.97. The monoisotopic (exact) mass is 231 g/mol. The average molecular weight is 231 g/mol. The van der Waals surface area contributed by atoms with Gasteiger partial charge in [0.05, 0.1) is 25.4 Å². The molecule has 3 unspecified atom stereocenters. The summed E-state index contributed by atoms with van der Waals surface area (Å²) in [7, 11) is 0. The summed E-state index contributed by atoms with van der Waals surface area (Å²) in [6.07, 6.45) is 1.01. The second kappa shape index (κ2) is 7.22. The molecule has 1 saturated heterocycles. The number of rotatable bonds is 6. The van der Waals surface area contributed by atoms with Gasteiger partial charge in [0.2, 0.25) is 0 Å². The van der Waals surface area contributed by atoms with Gasteiger partial charge in [-0.1, -0.05) is 6.92 Å². The Morgan fingerprint density at radius 1 is 1.38 bits per heavy atom. The first-order valence-electron chi connectivity index (χ1n) is 6.21. The molecule has 0 aliphatic carbocycles. The number of piperidine rings is 1. The molecular weight excluding hydrogens is 206 g/mol. The minimum absolute atomic E-state index is 0.157. The molecule has 2 N–H and O–H groups in total. The molecule has 0 aromatic rings. The Bertz CT molecular complexity index is 187. The Hall–Kier alpha value is -0.160. The van der Waals surface area contributed by atoms with Crippen LogP contribution in [0.1, 0.15) is 27.2 Å². The zero-order chi connectivity index (χ0) is 12.0. The van der Waals surface area contributed by atoms with Crippen molar-refractivity contribution in [2.24, 2.45) is 5.92 Å². The second-order valence-electron chi connectivity index (χ2n) is 4.88. The third-order valence-corrected chi connectivity index (χ3v) is 2.88. The first-order chi connectivity index (χ1) is 7.59. The van der Waals surface area contributed by atoms with E-state index in [9.17, 15) is 5.11 Å². The number of aliphatic hydroxyl groups excluding tert-OH is 1. The van der Waals surface area contributed by atoms with Crippen molar-refractivity contribution in [2.75, 3.05) is 26.3 Å². The highest BCUT2D eigenvalue weighted by Gasteiger charge is 2.22. The summed E-state index contributed by atoms with van der Waals surface area (Å²) >= 11 is 0. The van der Waals surface area contributed by atoms with Crippen LogP contribution >= 0.6 is 0 Å². The third-order valence-electron chi connectivity index (χ3n) is 2.88. The highest BCUT2D eigenvalue weighted by molar-refractivity contribution is 4.75. The van der Waals surface area contributed by atoms with Gasteiger partial charge in [0.1, 0.15) is 6.10 Å². The van der Waals surface area contributed by atoms with E-state index in [1.54, 1.807) is 0 Å². The molecule has 0 aromatic carbocycles. The molecule has 1 fully saturated rings. The van der Waals surface area contributed by atoms with Crippen LogP contribution < -0.4 is 5.32 Å². The van der Waals surface area contributed by atoms with E-state index < -0.39 is 6.10 Å². The molecule has 1 heterocycles. The molecule has 4 nitrogen and oxygen atoms in total. The van der Waals surface area contributed by atoms with Crippen molar-refractivity contribution in [1.29, 1.82) is 0 Å². The summed E-state index contributed by atoms with van der Waals surface area (Å²) < 4.78 is 11.0. The summed E-state index contributed by atoms with van der Waals surface area (Å²) in [5.41, 5.74) is 0. The molecule has 1 aliphatic heterocycles. The Morgan fingerprint density at radius 2 is 2.12 bits per heavy atom. The number of ether oxygens (including phenoxy) is 2. The maximum atomic E-state index is 9.64. The summed E-state index contributed by atoms with van der Waals surface area (Å²) in [5, 5.41) is 12.9. The van der Waals surface area contributed by atoms with Crippen LogP contribution in [0.5, 0.6) is 0 Å². The van der Waals surface area contributed by atoms with Crippen LogP contribution in [0.15, 0.2) is 0 Å². The molecule has 1 aliphatic rings. The van der Waals surface area contributed by atoms with Gasteiger partial charge in [0, 0.05) is 6.54 Å². The lowest BCUT2D eigenvalue weighted by Gasteiger charge is -2.30. The average Bonchev–Trinajstić information content (AvgIpc) is 2.25. The molecule has 3 atom stereocenters. The van der Waals surface area contributed by atoms with Gasteiger partial charge in [0.25, 0.3) is 0 Å². The Labute approximate surface area is 98.3 Å². The van der Waals surface area contributed by atoms with Crippen molar-refractivity contribution in [1.82, 2.24) is 5.32 Å². The highest BCUT2D eigenvalue weighted by atomic mass is 16.5. The van der Waals surface area contributed by atoms with Gasteiger partial charge in [-0.3, -0.25) is 0 Å². The quantitative estimate of drug-likeness (QED) is 0.709. The van der Waals surface area contributed by atoms with Crippen molar-refractivity contribution < 1.29 is 14.6 Å². The largest absolute Gasteiger partial charge is 0.388 e. The van der Waals surface area contributed by atoms with E-state index in [0.29, 0.717) is 19.1 Å². The van der Waals surface area contributed by atoms with Gasteiger partial charge in [0.15, 0.2) is 0 Å². The Morgan fingerprint density at radius 3 is 2.75 bits per heavy atom. The van der Waals surface area contributed by atoms with Crippen LogP contribution in [0.3, 0.4) is 0 Å². The fourth-order valence-electron chi connectivity index (χ4n) is 1.77. The predicted molar refractivity (Wildman–Crippen MR) is 63.5 cm³/mol. The predicted octanol–water partition coefficient (Wildman–Crippen LogP) is 0.787. The van der Waals surface area contributed by atoms with Gasteiger partial charge in [-0.05, 0) is 32.7 Å². The first kappa shape index (κ1) is 13.9. The molecule has 0 saturated carbocycles. The van der Waals surface area contributed by atoms with E-state index in [0.717, 1.165) is 19.5 Å². The maximum absolute atomic E-state index is 9.64. The maximum Gasteiger partial charge on any atom is 0.101 e. The van der Waals surface area contributed by atoms with Crippen molar-refractivity contribution in [3.63, 3.8) is 0 Å². The molecule has 0 radical (unpaired) electrons. The molecule has 0 bridgehead atoms. The lowest BCUT2D eigenvalue weighted by molar-refractivity contribution is -0.0711. The molecule has 4 heteroatoms. The summed E-state index contributed by atoms with van der Waals surface area (Å²) in [4.78, 5) is 0. The van der Waals surface area contributed by atoms with Crippen LogP contribution in [0, 0.1) is 5.92 Å². The van der Waals surface area contributed by atoms with Crippen LogP contribution in [-0.4, -0.2) is 49.7 Å². The smallest absolute Gasteiger partial charge is 0.101 e. The SMILES string of the molecule is CC(C)OCC(O)COC1CNCCC1C. The Kier molecular flexibility index (Phi) is 6.28. The Balaban J connectivity index is 2.12. The van der Waals surface area contributed by atoms with E-state index in [1.807, 2.05) is 13.8 Å². The van der Waals surface area contributed by atoms with Crippen LogP contribution in [0.4, 0.5) is 0 Å². The molecule has 96 valence electrons. The van der Waals surface area contributed by atoms with Gasteiger partial charge in [-0.2, -0.15) is 0 Å². The minimum Gasteiger partial charge on any atom is -0.388 e. The third kappa shape index (κ3) is 5.25. The zero-order valence-corrected chi connectivity index (χ0v) is 10.6. The molecular formula is C12H25NO3. The van der Waals surface area contributed by atoms with Crippen molar-refractivity contribution >= 4 is 0 Å². The molecule has 0 amide bonds. The van der Waals surface area contributed by atoms with Crippen LogP contribution in [0.25, 0.3) is 0 Å². The van der Waals surface area contributed by atoms with Gasteiger partial charge < -0.3 is 19.9 Å². The fourth-order valence-corrected chi connectivity index (χ4v) is 1.77. The number of aliphatic hydroxyl groups is 1. The summed E-state index contributed by atoms with van der Waals surface area (Å²) in [6.45, 7) is 8.79. The van der Waals surface area contributed by atoms with E-state index in [4.69, 9.17) is 9.47 Å². The second-order valence-corrected chi connectivity index (χ2v) is 4.88. The lowest BCUT2D eigenvalue weighted by Crippen LogP contribution is -2.42. The fraction of sp³-hybridized carbons (Fsp3) is 1.00. The zero-order valence-electron chi connectivity index (χ0n) is 10.6. The standard InChI is InChI=1S/C12H25NO3/c1-9(2)15-7-11(14)8-16-12-6-13-5-4-10(12)3/h9-14H,4-8H2,1-3H3. The topological polar surface area (TPSA) is 50.7 Å². The normalized spacial score (nSPS) is 28.3. The van der Waals surface area contributed by atoms with Gasteiger partial charge in [-0.25, -0.2) is 0 Å². The van der Waals surface area contributed by atoms with Crippen molar-refractivity contribution in [2.45, 2.75) is 45.5 Å². The molecule has 16 heavy (non-hydrogen) atoms. The molecule has 1 rings (SSSR count). The van der Waals surface area contributed by atoms with Crippen LogP contribution in [-0.2, 0) is 9.47 Å². The van der Waals surface area contributed by atoms with E-state index in [2.05, 4.69) is 12.2 Å².